The maximum Gasteiger partial charge on any atom is 0.245 e. The third-order valence-corrected chi connectivity index (χ3v) is 3.25. The summed E-state index contributed by atoms with van der Waals surface area (Å²) in [5.41, 5.74) is 7.34. The van der Waals surface area contributed by atoms with Crippen molar-refractivity contribution in [2.24, 2.45) is 5.73 Å². The molecule has 0 fully saturated rings. The first-order valence-electron chi connectivity index (χ1n) is 5.93. The van der Waals surface area contributed by atoms with Crippen molar-refractivity contribution < 1.29 is 4.79 Å². The van der Waals surface area contributed by atoms with Gasteiger partial charge < -0.3 is 5.73 Å². The zero-order valence-corrected chi connectivity index (χ0v) is 10.1. The first-order valence-corrected chi connectivity index (χ1v) is 5.93. The lowest BCUT2D eigenvalue weighted by Crippen LogP contribution is -2.39. The predicted octanol–water partition coefficient (Wildman–Crippen LogP) is 1.69. The molecule has 3 heteroatoms. The molecule has 1 heterocycles. The van der Waals surface area contributed by atoms with Crippen LogP contribution in [0.15, 0.2) is 42.0 Å². The molecule has 1 atom stereocenters. The number of nitrogens with zero attached hydrogens (tertiary/aromatic N) is 1. The van der Waals surface area contributed by atoms with Crippen LogP contribution in [0.1, 0.15) is 18.9 Å². The second-order valence-corrected chi connectivity index (χ2v) is 4.57. The van der Waals surface area contributed by atoms with E-state index in [-0.39, 0.29) is 5.91 Å². The maximum atomic E-state index is 11.2. The zero-order chi connectivity index (χ0) is 12.3. The lowest BCUT2D eigenvalue weighted by molar-refractivity contribution is -0.115. The first kappa shape index (κ1) is 11.9. The summed E-state index contributed by atoms with van der Waals surface area (Å²) in [6, 6.07) is 10.8. The molecular formula is C14H18N2O. The van der Waals surface area contributed by atoms with Crippen LogP contribution < -0.4 is 5.73 Å². The van der Waals surface area contributed by atoms with Crippen LogP contribution >= 0.6 is 0 Å². The standard InChI is InChI=1S/C14H18N2O/c1-11-7-8-13(14(15)17)10-16(11)9-12-5-3-2-4-6-12/h2-6,8,11H,7,9-10H2,1H3,(H2,15,17)/t11-/m1/s1. The molecule has 0 unspecified atom stereocenters. The molecule has 1 aliphatic heterocycles. The number of hydrogen-bond acceptors (Lipinski definition) is 2. The Kier molecular flexibility index (Phi) is 3.59. The van der Waals surface area contributed by atoms with Gasteiger partial charge in [-0.05, 0) is 18.9 Å². The largest absolute Gasteiger partial charge is 0.366 e. The van der Waals surface area contributed by atoms with Crippen LogP contribution in [0.25, 0.3) is 0 Å². The summed E-state index contributed by atoms with van der Waals surface area (Å²) in [5, 5.41) is 0. The lowest BCUT2D eigenvalue weighted by Gasteiger charge is -2.32. The number of rotatable bonds is 3. The molecule has 17 heavy (non-hydrogen) atoms. The van der Waals surface area contributed by atoms with Crippen molar-refractivity contribution in [1.29, 1.82) is 0 Å². The number of carbonyl (C=O) groups is 1. The van der Waals surface area contributed by atoms with Gasteiger partial charge in [0, 0.05) is 24.7 Å². The summed E-state index contributed by atoms with van der Waals surface area (Å²) in [4.78, 5) is 13.5. The molecule has 1 aromatic rings. The van der Waals surface area contributed by atoms with Crippen molar-refractivity contribution in [1.82, 2.24) is 4.90 Å². The smallest absolute Gasteiger partial charge is 0.245 e. The fourth-order valence-corrected chi connectivity index (χ4v) is 2.11. The SMILES string of the molecule is C[C@@H]1CC=C(C(N)=O)CN1Cc1ccccc1. The van der Waals surface area contributed by atoms with Crippen LogP contribution in [0.5, 0.6) is 0 Å². The minimum Gasteiger partial charge on any atom is -0.366 e. The minimum absolute atomic E-state index is 0.296. The van der Waals surface area contributed by atoms with E-state index in [1.165, 1.54) is 5.56 Å². The molecule has 0 bridgehead atoms. The molecule has 2 N–H and O–H groups in total. The predicted molar refractivity (Wildman–Crippen MR) is 68.2 cm³/mol. The Balaban J connectivity index is 2.06. The van der Waals surface area contributed by atoms with Crippen LogP contribution in [-0.4, -0.2) is 23.4 Å². The van der Waals surface area contributed by atoms with Crippen LogP contribution in [0.3, 0.4) is 0 Å². The minimum atomic E-state index is -0.296. The highest BCUT2D eigenvalue weighted by Crippen LogP contribution is 2.18. The van der Waals surface area contributed by atoms with Gasteiger partial charge in [0.1, 0.15) is 0 Å². The van der Waals surface area contributed by atoms with Gasteiger partial charge in [-0.1, -0.05) is 36.4 Å². The Morgan fingerprint density at radius 3 is 2.76 bits per heavy atom. The third kappa shape index (κ3) is 2.94. The molecular weight excluding hydrogens is 212 g/mol. The molecule has 0 aromatic heterocycles. The van der Waals surface area contributed by atoms with Gasteiger partial charge in [-0.2, -0.15) is 0 Å². The van der Waals surface area contributed by atoms with E-state index in [2.05, 4.69) is 24.0 Å². The van der Waals surface area contributed by atoms with E-state index in [0.717, 1.165) is 18.5 Å². The van der Waals surface area contributed by atoms with Gasteiger partial charge in [-0.3, -0.25) is 9.69 Å². The Morgan fingerprint density at radius 2 is 2.12 bits per heavy atom. The maximum absolute atomic E-state index is 11.2. The van der Waals surface area contributed by atoms with Gasteiger partial charge in [0.2, 0.25) is 5.91 Å². The molecule has 0 spiro atoms. The molecule has 2 rings (SSSR count). The third-order valence-electron chi connectivity index (χ3n) is 3.25. The van der Waals surface area contributed by atoms with Crippen LogP contribution in [0.2, 0.25) is 0 Å². The van der Waals surface area contributed by atoms with E-state index >= 15 is 0 Å². The number of primary amides is 1. The fraction of sp³-hybridized carbons (Fsp3) is 0.357. The first-order chi connectivity index (χ1) is 8.16. The number of amides is 1. The summed E-state index contributed by atoms with van der Waals surface area (Å²) in [6.45, 7) is 3.70. The highest BCUT2D eigenvalue weighted by atomic mass is 16.1. The molecule has 1 aromatic carbocycles. The fourth-order valence-electron chi connectivity index (χ4n) is 2.11. The van der Waals surface area contributed by atoms with Crippen molar-refractivity contribution in [2.75, 3.05) is 6.54 Å². The van der Waals surface area contributed by atoms with Gasteiger partial charge in [-0.15, -0.1) is 0 Å². The average molecular weight is 230 g/mol. The molecule has 3 nitrogen and oxygen atoms in total. The zero-order valence-electron chi connectivity index (χ0n) is 10.1. The molecule has 0 saturated carbocycles. The summed E-state index contributed by atoms with van der Waals surface area (Å²) < 4.78 is 0. The molecule has 90 valence electrons. The highest BCUT2D eigenvalue weighted by Gasteiger charge is 2.21. The second kappa shape index (κ2) is 5.15. The summed E-state index contributed by atoms with van der Waals surface area (Å²) in [5.74, 6) is -0.296. The Morgan fingerprint density at radius 1 is 1.41 bits per heavy atom. The topological polar surface area (TPSA) is 46.3 Å². The summed E-state index contributed by atoms with van der Waals surface area (Å²) in [6.07, 6.45) is 2.86. The van der Waals surface area contributed by atoms with E-state index in [1.807, 2.05) is 24.3 Å². The second-order valence-electron chi connectivity index (χ2n) is 4.57. The van der Waals surface area contributed by atoms with Crippen molar-refractivity contribution >= 4 is 5.91 Å². The molecule has 1 aliphatic rings. The van der Waals surface area contributed by atoms with E-state index in [0.29, 0.717) is 12.6 Å². The normalized spacial score (nSPS) is 21.0. The number of hydrogen-bond donors (Lipinski definition) is 1. The van der Waals surface area contributed by atoms with Crippen molar-refractivity contribution in [3.63, 3.8) is 0 Å². The van der Waals surface area contributed by atoms with E-state index < -0.39 is 0 Å². The Bertz CT molecular complexity index is 425. The average Bonchev–Trinajstić information content (AvgIpc) is 2.33. The Labute approximate surface area is 102 Å². The Hall–Kier alpha value is -1.61. The van der Waals surface area contributed by atoms with E-state index in [1.54, 1.807) is 0 Å². The molecule has 0 saturated heterocycles. The van der Waals surface area contributed by atoms with E-state index in [4.69, 9.17) is 5.73 Å². The van der Waals surface area contributed by atoms with Gasteiger partial charge in [0.25, 0.3) is 0 Å². The molecule has 0 aliphatic carbocycles. The lowest BCUT2D eigenvalue weighted by atomic mass is 10.0. The quantitative estimate of drug-likeness (QED) is 0.859. The van der Waals surface area contributed by atoms with Gasteiger partial charge >= 0.3 is 0 Å². The molecule has 1 amide bonds. The number of carbonyl (C=O) groups excluding carboxylic acids is 1. The van der Waals surface area contributed by atoms with Crippen LogP contribution in [-0.2, 0) is 11.3 Å². The van der Waals surface area contributed by atoms with Gasteiger partial charge in [0.15, 0.2) is 0 Å². The van der Waals surface area contributed by atoms with Gasteiger partial charge in [-0.25, -0.2) is 0 Å². The van der Waals surface area contributed by atoms with Gasteiger partial charge in [0.05, 0.1) is 0 Å². The van der Waals surface area contributed by atoms with Crippen molar-refractivity contribution in [3.05, 3.63) is 47.5 Å². The van der Waals surface area contributed by atoms with Crippen molar-refractivity contribution in [3.8, 4) is 0 Å². The highest BCUT2D eigenvalue weighted by molar-refractivity contribution is 5.92. The summed E-state index contributed by atoms with van der Waals surface area (Å²) >= 11 is 0. The molecule has 0 radical (unpaired) electrons. The number of nitrogens with two attached hydrogens (primary N) is 1. The number of benzene rings is 1. The summed E-state index contributed by atoms with van der Waals surface area (Å²) in [7, 11) is 0. The van der Waals surface area contributed by atoms with E-state index in [9.17, 15) is 4.79 Å². The van der Waals surface area contributed by atoms with Crippen LogP contribution in [0.4, 0.5) is 0 Å². The monoisotopic (exact) mass is 230 g/mol. The van der Waals surface area contributed by atoms with Crippen LogP contribution in [0, 0.1) is 0 Å². The van der Waals surface area contributed by atoms with Crippen molar-refractivity contribution in [2.45, 2.75) is 25.9 Å².